The van der Waals surface area contributed by atoms with E-state index in [1.54, 1.807) is 30.8 Å². The van der Waals surface area contributed by atoms with E-state index in [1.165, 1.54) is 34.2 Å². The van der Waals surface area contributed by atoms with Crippen molar-refractivity contribution in [3.8, 4) is 17.3 Å². The summed E-state index contributed by atoms with van der Waals surface area (Å²) >= 11 is 1.20. The van der Waals surface area contributed by atoms with Gasteiger partial charge in [-0.1, -0.05) is 12.1 Å². The molecule has 1 amide bonds. The number of hydrogen-bond acceptors (Lipinski definition) is 6. The van der Waals surface area contributed by atoms with Crippen molar-refractivity contribution in [1.29, 1.82) is 5.26 Å². The molecule has 0 saturated carbocycles. The van der Waals surface area contributed by atoms with E-state index in [4.69, 9.17) is 5.26 Å². The smallest absolute Gasteiger partial charge is 0.347 e. The number of aromatic nitrogens is 4. The van der Waals surface area contributed by atoms with Gasteiger partial charge in [-0.2, -0.15) is 23.5 Å². The molecule has 0 saturated heterocycles. The van der Waals surface area contributed by atoms with Crippen molar-refractivity contribution in [1.82, 2.24) is 25.1 Å². The van der Waals surface area contributed by atoms with Gasteiger partial charge in [0.15, 0.2) is 5.69 Å². The van der Waals surface area contributed by atoms with E-state index >= 15 is 0 Å². The second-order valence-corrected chi connectivity index (χ2v) is 8.36. The Morgan fingerprint density at radius 3 is 2.69 bits per heavy atom. The molecule has 1 N–H and O–H groups in total. The fourth-order valence-electron chi connectivity index (χ4n) is 3.31. The Labute approximate surface area is 200 Å². The monoisotopic (exact) mass is 500 g/mol. The molecule has 0 radical (unpaired) electrons. The Kier molecular flexibility index (Phi) is 6.61. The number of thiazole rings is 1. The first-order chi connectivity index (χ1) is 16.7. The fourth-order valence-corrected chi connectivity index (χ4v) is 4.03. The molecule has 4 rings (SSSR count). The lowest BCUT2D eigenvalue weighted by atomic mass is 10.1. The first-order valence-corrected chi connectivity index (χ1v) is 11.0. The van der Waals surface area contributed by atoms with Gasteiger partial charge in [0.05, 0.1) is 29.0 Å². The minimum atomic E-state index is -4.73. The molecule has 0 spiro atoms. The third kappa shape index (κ3) is 5.36. The van der Waals surface area contributed by atoms with Crippen LogP contribution < -0.4 is 5.32 Å². The number of alkyl halides is 3. The van der Waals surface area contributed by atoms with Crippen LogP contribution in [0.3, 0.4) is 0 Å². The zero-order chi connectivity index (χ0) is 25.2. The minimum absolute atomic E-state index is 0.00142. The van der Waals surface area contributed by atoms with Crippen LogP contribution in [0, 0.1) is 24.1 Å². The highest BCUT2D eigenvalue weighted by Gasteiger charge is 2.35. The number of aryl methyl sites for hydroxylation is 1. The van der Waals surface area contributed by atoms with Crippen molar-refractivity contribution in [3.05, 3.63) is 87.0 Å². The second-order valence-electron chi connectivity index (χ2n) is 7.50. The molecule has 0 aliphatic heterocycles. The molecule has 0 fully saturated rings. The Morgan fingerprint density at radius 2 is 2.03 bits per heavy atom. The number of nitriles is 1. The molecule has 0 unspecified atom stereocenters. The average Bonchev–Trinajstić information content (AvgIpc) is 3.46. The lowest BCUT2D eigenvalue weighted by Gasteiger charge is -2.09. The molecule has 1 aromatic carbocycles. The zero-order valence-corrected chi connectivity index (χ0v) is 18.9. The number of pyridine rings is 1. The number of nitrogens with one attached hydrogen (secondary N) is 1. The molecule has 0 bridgehead atoms. The Morgan fingerprint density at radius 1 is 1.23 bits per heavy atom. The van der Waals surface area contributed by atoms with Crippen LogP contribution in [0.4, 0.5) is 17.6 Å². The van der Waals surface area contributed by atoms with Crippen LogP contribution >= 0.6 is 11.3 Å². The first kappa shape index (κ1) is 24.0. The van der Waals surface area contributed by atoms with Crippen molar-refractivity contribution < 1.29 is 22.4 Å². The molecular weight excluding hydrogens is 484 g/mol. The van der Waals surface area contributed by atoms with Crippen LogP contribution in [0.1, 0.15) is 37.7 Å². The lowest BCUT2D eigenvalue weighted by Crippen LogP contribution is -2.23. The Bertz CT molecular complexity index is 1440. The molecule has 0 atom stereocenters. The molecule has 0 aliphatic rings. The molecule has 35 heavy (non-hydrogen) atoms. The molecule has 3 heterocycles. The number of carbonyl (C=O) groups excluding carboxylic acids is 1. The van der Waals surface area contributed by atoms with Crippen molar-refractivity contribution in [2.45, 2.75) is 26.2 Å². The van der Waals surface area contributed by atoms with Gasteiger partial charge in [0.25, 0.3) is 5.91 Å². The van der Waals surface area contributed by atoms with Gasteiger partial charge in [0.1, 0.15) is 16.8 Å². The third-order valence-corrected chi connectivity index (χ3v) is 6.02. The third-order valence-electron chi connectivity index (χ3n) is 5.09. The predicted molar refractivity (Wildman–Crippen MR) is 119 cm³/mol. The number of nitrogens with zero attached hydrogens (tertiary/aromatic N) is 5. The normalized spacial score (nSPS) is 11.3. The number of hydrogen-bond donors (Lipinski definition) is 1. The van der Waals surface area contributed by atoms with E-state index in [0.717, 1.165) is 12.3 Å². The molecule has 3 aromatic heterocycles. The van der Waals surface area contributed by atoms with Gasteiger partial charge in [0, 0.05) is 30.1 Å². The highest BCUT2D eigenvalue weighted by Crippen LogP contribution is 2.33. The van der Waals surface area contributed by atoms with Gasteiger partial charge in [-0.05, 0) is 30.7 Å². The first-order valence-electron chi connectivity index (χ1n) is 10.1. The van der Waals surface area contributed by atoms with Crippen molar-refractivity contribution >= 4 is 17.2 Å². The predicted octanol–water partition coefficient (Wildman–Crippen LogP) is 4.72. The number of rotatable bonds is 6. The summed E-state index contributed by atoms with van der Waals surface area (Å²) in [6.07, 6.45) is -2.03. The standard InChI is InChI=1S/C23H16F4N6OS/c1-13-21(35-12-31-13)22(34)30-9-15-3-2-14(6-18(15)24)11-33-5-4-19(32-33)16-7-17(23(25,26)27)20(8-28)29-10-16/h2-7,10,12H,9,11H2,1H3,(H,30,34). The van der Waals surface area contributed by atoms with E-state index in [-0.39, 0.29) is 30.3 Å². The topological polar surface area (TPSA) is 96.5 Å². The van der Waals surface area contributed by atoms with E-state index in [1.807, 2.05) is 0 Å². The second kappa shape index (κ2) is 9.63. The summed E-state index contributed by atoms with van der Waals surface area (Å²) in [5.41, 5.74) is 1.51. The number of carbonyl (C=O) groups is 1. The van der Waals surface area contributed by atoms with Crippen LogP contribution in [0.5, 0.6) is 0 Å². The summed E-state index contributed by atoms with van der Waals surface area (Å²) in [6, 6.07) is 8.31. The van der Waals surface area contributed by atoms with Gasteiger partial charge < -0.3 is 5.32 Å². The molecular formula is C23H16F4N6OS. The van der Waals surface area contributed by atoms with Gasteiger partial charge in [-0.3, -0.25) is 9.48 Å². The molecule has 12 heteroatoms. The van der Waals surface area contributed by atoms with Crippen LogP contribution in [0.2, 0.25) is 0 Å². The van der Waals surface area contributed by atoms with Crippen LogP contribution in [-0.2, 0) is 19.3 Å². The number of halogens is 4. The summed E-state index contributed by atoms with van der Waals surface area (Å²) in [4.78, 5) is 20.3. The number of amides is 1. The van der Waals surface area contributed by atoms with Gasteiger partial charge in [0.2, 0.25) is 0 Å². The van der Waals surface area contributed by atoms with E-state index in [2.05, 4.69) is 20.4 Å². The minimum Gasteiger partial charge on any atom is -0.347 e. The van der Waals surface area contributed by atoms with Crippen LogP contribution in [-0.4, -0.2) is 25.7 Å². The van der Waals surface area contributed by atoms with E-state index in [9.17, 15) is 22.4 Å². The van der Waals surface area contributed by atoms with Gasteiger partial charge in [-0.25, -0.2) is 14.4 Å². The zero-order valence-electron chi connectivity index (χ0n) is 18.1. The maximum Gasteiger partial charge on any atom is 0.419 e. The maximum atomic E-state index is 14.6. The molecule has 7 nitrogen and oxygen atoms in total. The Hall–Kier alpha value is -4.11. The SMILES string of the molecule is Cc1ncsc1C(=O)NCc1ccc(Cn2ccc(-c3cnc(C#N)c(C(F)(F)F)c3)n2)cc1F. The van der Waals surface area contributed by atoms with Crippen molar-refractivity contribution in [3.63, 3.8) is 0 Å². The van der Waals surface area contributed by atoms with Crippen LogP contribution in [0.25, 0.3) is 11.3 Å². The summed E-state index contributed by atoms with van der Waals surface area (Å²) in [5, 5.41) is 15.8. The fraction of sp³-hybridized carbons (Fsp3) is 0.174. The van der Waals surface area contributed by atoms with Crippen molar-refractivity contribution in [2.24, 2.45) is 0 Å². The summed E-state index contributed by atoms with van der Waals surface area (Å²) < 4.78 is 55.7. The number of benzene rings is 1. The summed E-state index contributed by atoms with van der Waals surface area (Å²) in [6.45, 7) is 1.88. The quantitative estimate of drug-likeness (QED) is 0.387. The lowest BCUT2D eigenvalue weighted by molar-refractivity contribution is -0.138. The summed E-state index contributed by atoms with van der Waals surface area (Å²) in [7, 11) is 0. The van der Waals surface area contributed by atoms with Gasteiger partial charge >= 0.3 is 6.18 Å². The van der Waals surface area contributed by atoms with E-state index < -0.39 is 23.3 Å². The van der Waals surface area contributed by atoms with E-state index in [0.29, 0.717) is 21.7 Å². The highest BCUT2D eigenvalue weighted by atomic mass is 32.1. The maximum absolute atomic E-state index is 14.6. The highest BCUT2D eigenvalue weighted by molar-refractivity contribution is 7.11. The summed E-state index contributed by atoms with van der Waals surface area (Å²) in [5.74, 6) is -0.842. The van der Waals surface area contributed by atoms with Crippen molar-refractivity contribution in [2.75, 3.05) is 0 Å². The Balaban J connectivity index is 1.45. The molecule has 0 aliphatic carbocycles. The average molecular weight is 500 g/mol. The van der Waals surface area contributed by atoms with Crippen LogP contribution in [0.15, 0.2) is 48.2 Å². The molecule has 4 aromatic rings. The largest absolute Gasteiger partial charge is 0.419 e. The van der Waals surface area contributed by atoms with Gasteiger partial charge in [-0.15, -0.1) is 11.3 Å². The molecule has 178 valence electrons.